The molecule has 2 aromatic heterocycles. The van der Waals surface area contributed by atoms with Gasteiger partial charge in [-0.15, -0.1) is 10.2 Å². The molecule has 2 heterocycles. The first kappa shape index (κ1) is 14.7. The number of sulfonamides is 1. The van der Waals surface area contributed by atoms with Gasteiger partial charge in [-0.25, -0.2) is 24.0 Å². The number of hydrazine groups is 1. The Labute approximate surface area is 120 Å². The van der Waals surface area contributed by atoms with Gasteiger partial charge < -0.3 is 9.99 Å². The molecule has 0 fully saturated rings. The molecule has 0 unspecified atom stereocenters. The van der Waals surface area contributed by atoms with Gasteiger partial charge in [0.1, 0.15) is 17.0 Å². The zero-order valence-electron chi connectivity index (χ0n) is 10.4. The van der Waals surface area contributed by atoms with Crippen molar-refractivity contribution in [1.29, 1.82) is 0 Å². The van der Waals surface area contributed by atoms with E-state index in [-0.39, 0.29) is 22.3 Å². The zero-order valence-corrected chi connectivity index (χ0v) is 12.0. The van der Waals surface area contributed by atoms with E-state index in [1.165, 1.54) is 12.4 Å². The van der Waals surface area contributed by atoms with Crippen molar-refractivity contribution in [3.63, 3.8) is 0 Å². The van der Waals surface area contributed by atoms with Crippen LogP contribution in [0, 0.1) is 0 Å². The maximum Gasteiger partial charge on any atom is 0.242 e. The smallest absolute Gasteiger partial charge is 0.242 e. The normalized spacial score (nSPS) is 11.6. The Kier molecular flexibility index (Phi) is 4.18. The number of halogens is 1. The average Bonchev–Trinajstić information content (AvgIpc) is 2.82. The summed E-state index contributed by atoms with van der Waals surface area (Å²) in [5.41, 5.74) is 2.26. The number of aromatic nitrogens is 4. The van der Waals surface area contributed by atoms with E-state index in [4.69, 9.17) is 17.4 Å². The predicted molar refractivity (Wildman–Crippen MR) is 72.1 cm³/mol. The second-order valence-electron chi connectivity index (χ2n) is 3.83. The topological polar surface area (TPSA) is 128 Å². The van der Waals surface area contributed by atoms with Crippen LogP contribution in [0.4, 0.5) is 5.82 Å². The molecule has 0 aliphatic rings. The summed E-state index contributed by atoms with van der Waals surface area (Å²) in [5, 5.41) is 7.54. The van der Waals surface area contributed by atoms with Crippen LogP contribution >= 0.6 is 11.6 Å². The van der Waals surface area contributed by atoms with Gasteiger partial charge in [0.15, 0.2) is 5.82 Å². The molecule has 0 aliphatic carbocycles. The monoisotopic (exact) mass is 317 g/mol. The third kappa shape index (κ3) is 3.04. The second-order valence-corrected chi connectivity index (χ2v) is 6.00. The number of rotatable bonds is 5. The van der Waals surface area contributed by atoms with Crippen LogP contribution in [0.1, 0.15) is 5.82 Å². The van der Waals surface area contributed by atoms with Gasteiger partial charge in [-0.3, -0.25) is 0 Å². The Morgan fingerprint density at radius 1 is 1.50 bits per heavy atom. The maximum absolute atomic E-state index is 12.1. The van der Waals surface area contributed by atoms with E-state index < -0.39 is 10.0 Å². The predicted octanol–water partition coefficient (Wildman–Crippen LogP) is -0.372. The summed E-state index contributed by atoms with van der Waals surface area (Å²) in [7, 11) is -2.04. The van der Waals surface area contributed by atoms with Crippen molar-refractivity contribution in [2.24, 2.45) is 12.9 Å². The third-order valence-electron chi connectivity index (χ3n) is 2.49. The molecule has 4 N–H and O–H groups in total. The molecule has 0 radical (unpaired) electrons. The van der Waals surface area contributed by atoms with Gasteiger partial charge in [-0.2, -0.15) is 0 Å². The molecule has 2 rings (SSSR count). The number of nitrogen functional groups attached to an aromatic ring is 1. The number of nitrogens with zero attached hydrogens (tertiary/aromatic N) is 4. The van der Waals surface area contributed by atoms with Crippen molar-refractivity contribution in [1.82, 2.24) is 24.5 Å². The lowest BCUT2D eigenvalue weighted by Crippen LogP contribution is -2.25. The highest BCUT2D eigenvalue weighted by atomic mass is 35.5. The number of aryl methyl sites for hydroxylation is 1. The fourth-order valence-electron chi connectivity index (χ4n) is 1.38. The van der Waals surface area contributed by atoms with Gasteiger partial charge in [0.2, 0.25) is 10.0 Å². The van der Waals surface area contributed by atoms with E-state index in [9.17, 15) is 8.42 Å². The average molecular weight is 318 g/mol. The molecule has 0 bridgehead atoms. The Hall–Kier alpha value is -1.75. The van der Waals surface area contributed by atoms with Crippen molar-refractivity contribution in [2.75, 3.05) is 5.43 Å². The summed E-state index contributed by atoms with van der Waals surface area (Å²) in [5.74, 6) is 5.84. The number of pyridine rings is 1. The highest BCUT2D eigenvalue weighted by Crippen LogP contribution is 2.21. The van der Waals surface area contributed by atoms with Crippen molar-refractivity contribution in [3.8, 4) is 0 Å². The van der Waals surface area contributed by atoms with Crippen molar-refractivity contribution in [3.05, 3.63) is 29.4 Å². The molecule has 0 aromatic carbocycles. The third-order valence-corrected chi connectivity index (χ3v) is 4.14. The fraction of sp³-hybridized carbons (Fsp3) is 0.222. The van der Waals surface area contributed by atoms with Crippen LogP contribution in [0.25, 0.3) is 0 Å². The minimum atomic E-state index is -3.75. The Morgan fingerprint density at radius 2 is 2.25 bits per heavy atom. The number of nitrogens with one attached hydrogen (secondary N) is 2. The molecule has 0 spiro atoms. The highest BCUT2D eigenvalue weighted by molar-refractivity contribution is 7.89. The minimum absolute atomic E-state index is 0.00728. The van der Waals surface area contributed by atoms with E-state index in [0.29, 0.717) is 5.82 Å². The van der Waals surface area contributed by atoms with Gasteiger partial charge in [0.25, 0.3) is 0 Å². The molecule has 0 amide bonds. The van der Waals surface area contributed by atoms with Crippen LogP contribution in [-0.4, -0.2) is 28.2 Å². The van der Waals surface area contributed by atoms with E-state index in [1.54, 1.807) is 11.6 Å². The number of nitrogens with two attached hydrogens (primary N) is 1. The fourth-order valence-corrected chi connectivity index (χ4v) is 2.62. The SMILES string of the molecule is Cn1cnnc1CNS(=O)(=O)c1cnc(NN)c(Cl)c1. The summed E-state index contributed by atoms with van der Waals surface area (Å²) >= 11 is 5.84. The molecule has 11 heteroatoms. The minimum Gasteiger partial charge on any atom is -0.320 e. The molecular formula is C9H12ClN7O2S. The summed E-state index contributed by atoms with van der Waals surface area (Å²) < 4.78 is 28.1. The van der Waals surface area contributed by atoms with Crippen LogP contribution in [0.15, 0.2) is 23.5 Å². The van der Waals surface area contributed by atoms with Crippen molar-refractivity contribution >= 4 is 27.4 Å². The van der Waals surface area contributed by atoms with E-state index in [1.807, 2.05) is 0 Å². The van der Waals surface area contributed by atoms with Gasteiger partial charge in [0, 0.05) is 13.2 Å². The number of hydrogen-bond donors (Lipinski definition) is 3. The summed E-state index contributed by atoms with van der Waals surface area (Å²) in [6, 6.07) is 1.25. The second kappa shape index (κ2) is 5.71. The van der Waals surface area contributed by atoms with E-state index >= 15 is 0 Å². The quantitative estimate of drug-likeness (QED) is 0.507. The number of anilines is 1. The Balaban J connectivity index is 2.18. The van der Waals surface area contributed by atoms with Crippen LogP contribution in [-0.2, 0) is 23.6 Å². The lowest BCUT2D eigenvalue weighted by atomic mass is 10.5. The van der Waals surface area contributed by atoms with Gasteiger partial charge in [-0.05, 0) is 6.07 Å². The molecule has 0 atom stereocenters. The van der Waals surface area contributed by atoms with Gasteiger partial charge in [0.05, 0.1) is 11.6 Å². The lowest BCUT2D eigenvalue weighted by Gasteiger charge is -2.08. The lowest BCUT2D eigenvalue weighted by molar-refractivity contribution is 0.577. The Bertz CT molecular complexity index is 715. The standard InChI is InChI=1S/C9H12ClN7O2S/c1-17-5-13-16-8(17)4-14-20(18,19)6-2-7(10)9(15-11)12-3-6/h2-3,5,14H,4,11H2,1H3,(H,12,15). The van der Waals surface area contributed by atoms with Gasteiger partial charge in [-0.1, -0.05) is 11.6 Å². The van der Waals surface area contributed by atoms with Crippen molar-refractivity contribution < 1.29 is 8.42 Å². The first-order chi connectivity index (χ1) is 9.44. The first-order valence-corrected chi connectivity index (χ1v) is 7.25. The van der Waals surface area contributed by atoms with Crippen LogP contribution < -0.4 is 16.0 Å². The number of hydrogen-bond acceptors (Lipinski definition) is 7. The maximum atomic E-state index is 12.1. The molecule has 0 aliphatic heterocycles. The van der Waals surface area contributed by atoms with Crippen molar-refractivity contribution in [2.45, 2.75) is 11.4 Å². The molecule has 0 saturated heterocycles. The molecule has 108 valence electrons. The zero-order chi connectivity index (χ0) is 14.8. The molecule has 9 nitrogen and oxygen atoms in total. The largest absolute Gasteiger partial charge is 0.320 e. The summed E-state index contributed by atoms with van der Waals surface area (Å²) in [6.07, 6.45) is 2.63. The van der Waals surface area contributed by atoms with Crippen LogP contribution in [0.2, 0.25) is 5.02 Å². The van der Waals surface area contributed by atoms with Crippen LogP contribution in [0.5, 0.6) is 0 Å². The van der Waals surface area contributed by atoms with E-state index in [2.05, 4.69) is 25.3 Å². The van der Waals surface area contributed by atoms with Crippen LogP contribution in [0.3, 0.4) is 0 Å². The summed E-state index contributed by atoms with van der Waals surface area (Å²) in [6.45, 7) is 0.00728. The summed E-state index contributed by atoms with van der Waals surface area (Å²) in [4.78, 5) is 3.74. The molecule has 0 saturated carbocycles. The first-order valence-electron chi connectivity index (χ1n) is 5.39. The highest BCUT2D eigenvalue weighted by Gasteiger charge is 2.17. The van der Waals surface area contributed by atoms with E-state index in [0.717, 1.165) is 6.20 Å². The molecule has 2 aromatic rings. The molecule has 20 heavy (non-hydrogen) atoms. The Morgan fingerprint density at radius 3 is 2.80 bits per heavy atom. The molecular weight excluding hydrogens is 306 g/mol. The van der Waals surface area contributed by atoms with Gasteiger partial charge >= 0.3 is 0 Å².